The summed E-state index contributed by atoms with van der Waals surface area (Å²) in [5.74, 6) is -1.11. The Labute approximate surface area is 355 Å². The van der Waals surface area contributed by atoms with E-state index >= 15 is 0 Å². The Morgan fingerprint density at radius 2 is 0.778 bits per heavy atom. The second-order valence-corrected chi connectivity index (χ2v) is 19.8. The number of aryl methyl sites for hydroxylation is 2. The van der Waals surface area contributed by atoms with Crippen LogP contribution in [0.4, 0.5) is 0 Å². The molecule has 2 spiro atoms. The molecule has 0 N–H and O–H groups in total. The van der Waals surface area contributed by atoms with Crippen molar-refractivity contribution >= 4 is 142 Å². The number of carbonyl (C=O) groups excluding carboxylic acids is 2. The molecule has 0 aliphatic heterocycles. The lowest BCUT2D eigenvalue weighted by Crippen LogP contribution is -2.27. The molecule has 2 unspecified atom stereocenters. The van der Waals surface area contributed by atoms with Gasteiger partial charge in [0, 0.05) is 0 Å². The second kappa shape index (κ2) is 8.35. The lowest BCUT2D eigenvalue weighted by molar-refractivity contribution is 0.0555. The van der Waals surface area contributed by atoms with Crippen LogP contribution in [0.1, 0.15) is 54.1 Å². The van der Waals surface area contributed by atoms with Crippen molar-refractivity contribution in [2.75, 3.05) is 14.2 Å². The molecule has 0 radical (unpaired) electrons. The molecular formula is C59H28O4. The smallest absolute Gasteiger partial charge is 0.338 e. The fourth-order valence-corrected chi connectivity index (χ4v) is 17.0. The van der Waals surface area contributed by atoms with Crippen molar-refractivity contribution in [3.63, 3.8) is 0 Å². The number of allylic oxidation sites excluding steroid dienone is 2. The molecule has 4 nitrogen and oxygen atoms in total. The van der Waals surface area contributed by atoms with Crippen LogP contribution in [0, 0.1) is 13.8 Å². The Balaban J connectivity index is 1.18. The maximum atomic E-state index is 14.1. The molecule has 19 rings (SSSR count). The number of methoxy groups -OCH3 is 2. The van der Waals surface area contributed by atoms with Crippen molar-refractivity contribution < 1.29 is 19.1 Å². The summed E-state index contributed by atoms with van der Waals surface area (Å²) in [5, 5.41) is 33.8. The molecule has 14 aromatic rings. The number of esters is 2. The van der Waals surface area contributed by atoms with Gasteiger partial charge in [0.25, 0.3) is 0 Å². The lowest BCUT2D eigenvalue weighted by Gasteiger charge is -2.32. The third-order valence-electron chi connectivity index (χ3n) is 18.6. The zero-order valence-corrected chi connectivity index (χ0v) is 34.4. The standard InChI is InChI=1S/C59H28O4/c1-21-5-6-23(19-22(21)2)57(24-7-8-31(55(60)62-3)34(20-24)56(61)63-4)58-35-17-18-36-33-16-14-30-28-12-10-26-25-9-11-27-29-13-15-32(35)43-41(29)46-39(27)37(25)45-38(26)40(28)47-42(30)44(33)54(59(36,57)58)52-50(47)48(45)49(46)51(52)53(43)58/h5-20H,1-4H3. The van der Waals surface area contributed by atoms with Gasteiger partial charge >= 0.3 is 11.9 Å². The Morgan fingerprint density at radius 1 is 0.381 bits per heavy atom. The molecule has 0 aromatic heterocycles. The monoisotopic (exact) mass is 800 g/mol. The van der Waals surface area contributed by atoms with Gasteiger partial charge < -0.3 is 9.47 Å². The van der Waals surface area contributed by atoms with Crippen LogP contribution in [0.2, 0.25) is 0 Å². The van der Waals surface area contributed by atoms with E-state index in [0.717, 1.165) is 5.56 Å². The van der Waals surface area contributed by atoms with Crippen LogP contribution >= 0.6 is 0 Å². The molecule has 5 aliphatic carbocycles. The lowest BCUT2D eigenvalue weighted by atomic mass is 9.68. The molecule has 1 fully saturated rings. The fourth-order valence-electron chi connectivity index (χ4n) is 17.0. The maximum Gasteiger partial charge on any atom is 0.338 e. The highest BCUT2D eigenvalue weighted by atomic mass is 16.5. The van der Waals surface area contributed by atoms with Crippen LogP contribution in [0.3, 0.4) is 0 Å². The molecule has 63 heavy (non-hydrogen) atoms. The van der Waals surface area contributed by atoms with E-state index in [0.29, 0.717) is 0 Å². The zero-order chi connectivity index (χ0) is 41.0. The number of hydrogen-bond donors (Lipinski definition) is 0. The van der Waals surface area contributed by atoms with E-state index in [1.807, 2.05) is 12.1 Å². The van der Waals surface area contributed by atoms with Crippen LogP contribution < -0.4 is 10.4 Å². The predicted octanol–water partition coefficient (Wildman–Crippen LogP) is 11.5. The highest BCUT2D eigenvalue weighted by Gasteiger charge is 2.94. The van der Waals surface area contributed by atoms with E-state index in [4.69, 9.17) is 9.47 Å². The number of fused-ring (bicyclic) bond motifs is 3. The second-order valence-electron chi connectivity index (χ2n) is 19.8. The average molecular weight is 801 g/mol. The van der Waals surface area contributed by atoms with Gasteiger partial charge in [-0.3, -0.25) is 0 Å². The molecule has 0 amide bonds. The first-order chi connectivity index (χ1) is 30.9. The van der Waals surface area contributed by atoms with E-state index in [-0.39, 0.29) is 11.1 Å². The molecule has 0 saturated heterocycles. The van der Waals surface area contributed by atoms with Crippen molar-refractivity contribution in [3.05, 3.63) is 152 Å². The molecule has 0 heterocycles. The summed E-state index contributed by atoms with van der Waals surface area (Å²) in [7, 11) is 2.76. The summed E-state index contributed by atoms with van der Waals surface area (Å²) < 4.78 is 10.8. The summed E-state index contributed by atoms with van der Waals surface area (Å²) in [6.07, 6.45) is 4.97. The molecule has 288 valence electrons. The van der Waals surface area contributed by atoms with Gasteiger partial charge in [0.1, 0.15) is 0 Å². The van der Waals surface area contributed by atoms with Gasteiger partial charge in [-0.15, -0.1) is 0 Å². The fraction of sp³-hybridized carbons (Fsp3) is 0.119. The Morgan fingerprint density at radius 3 is 1.25 bits per heavy atom. The molecule has 1 saturated carbocycles. The first kappa shape index (κ1) is 30.5. The molecule has 4 heteroatoms. The van der Waals surface area contributed by atoms with Crippen molar-refractivity contribution in [1.29, 1.82) is 0 Å². The number of hydrogen-bond acceptors (Lipinski definition) is 4. The van der Waals surface area contributed by atoms with E-state index in [1.54, 1.807) is 0 Å². The van der Waals surface area contributed by atoms with E-state index < -0.39 is 28.2 Å². The van der Waals surface area contributed by atoms with Crippen molar-refractivity contribution in [1.82, 2.24) is 0 Å². The topological polar surface area (TPSA) is 52.6 Å². The van der Waals surface area contributed by atoms with Crippen LogP contribution in [-0.2, 0) is 25.7 Å². The molecular weight excluding hydrogens is 773 g/mol. The van der Waals surface area contributed by atoms with Gasteiger partial charge in [-0.05, 0) is 199 Å². The van der Waals surface area contributed by atoms with Gasteiger partial charge in [0.05, 0.1) is 41.6 Å². The number of carbonyl (C=O) groups is 2. The number of ether oxygens (including phenoxy) is 2. The molecule has 5 aliphatic rings. The third kappa shape index (κ3) is 2.28. The van der Waals surface area contributed by atoms with Crippen LogP contribution in [-0.4, -0.2) is 26.2 Å². The minimum atomic E-state index is -0.732. The summed E-state index contributed by atoms with van der Waals surface area (Å²) in [6, 6.07) is 32.6. The first-order valence-corrected chi connectivity index (χ1v) is 22.2. The molecule has 2 atom stereocenters. The molecule has 14 aromatic carbocycles. The van der Waals surface area contributed by atoms with E-state index in [9.17, 15) is 9.59 Å². The van der Waals surface area contributed by atoms with Gasteiger partial charge in [-0.1, -0.05) is 84.9 Å². The normalized spacial score (nSPS) is 22.8. The van der Waals surface area contributed by atoms with Gasteiger partial charge in [0.2, 0.25) is 0 Å². The zero-order valence-electron chi connectivity index (χ0n) is 34.4. The van der Waals surface area contributed by atoms with Crippen molar-refractivity contribution in [3.8, 4) is 0 Å². The Hall–Kier alpha value is -7.56. The quantitative estimate of drug-likeness (QED) is 0.131. The predicted molar refractivity (Wildman–Crippen MR) is 253 cm³/mol. The summed E-state index contributed by atoms with van der Waals surface area (Å²) in [6.45, 7) is 4.43. The largest absolute Gasteiger partial charge is 0.465 e. The minimum absolute atomic E-state index is 0.211. The SMILES string of the molecule is COC(=O)c1ccc(C2(c3ccc(C)c(C)c3)C34C5=c6ccc7c8ccc9c%10ccc%11c%12ccc%13c%14c(c%15c%16c3c6c7c3c8c9c6c%10c%11c(c%14%12)c%15c6c%163)C42C=%13C=C5)cc1C(=O)OC. The summed E-state index contributed by atoms with van der Waals surface area (Å²) >= 11 is 0. The van der Waals surface area contributed by atoms with Crippen molar-refractivity contribution in [2.24, 2.45) is 0 Å². The number of rotatable bonds is 4. The average Bonchev–Trinajstić information content (AvgIpc) is 3.94. The maximum absolute atomic E-state index is 14.1. The first-order valence-electron chi connectivity index (χ1n) is 22.2. The minimum Gasteiger partial charge on any atom is -0.465 e. The highest BCUT2D eigenvalue weighted by molar-refractivity contribution is 6.64. The van der Waals surface area contributed by atoms with Crippen LogP contribution in [0.5, 0.6) is 0 Å². The summed E-state index contributed by atoms with van der Waals surface area (Å²) in [4.78, 5) is 27.6. The summed E-state index contributed by atoms with van der Waals surface area (Å²) in [5.41, 5.74) is 8.91. The highest BCUT2D eigenvalue weighted by Crippen LogP contribution is 2.93. The molecule has 0 bridgehead atoms. The van der Waals surface area contributed by atoms with E-state index in [1.165, 1.54) is 182 Å². The number of benzene rings is 10. The van der Waals surface area contributed by atoms with Gasteiger partial charge in [-0.2, -0.15) is 0 Å². The van der Waals surface area contributed by atoms with Gasteiger partial charge in [0.15, 0.2) is 0 Å². The van der Waals surface area contributed by atoms with E-state index in [2.05, 4.69) is 98.8 Å². The van der Waals surface area contributed by atoms with Gasteiger partial charge in [-0.25, -0.2) is 9.59 Å². The van der Waals surface area contributed by atoms with Crippen LogP contribution in [0.15, 0.2) is 97.1 Å². The van der Waals surface area contributed by atoms with Crippen LogP contribution in [0.25, 0.3) is 130 Å². The Kier molecular flexibility index (Phi) is 4.04. The van der Waals surface area contributed by atoms with Crippen molar-refractivity contribution in [2.45, 2.75) is 30.1 Å². The Bertz CT molecular complexity index is 4630. The third-order valence-corrected chi connectivity index (χ3v) is 18.6.